The van der Waals surface area contributed by atoms with Crippen molar-refractivity contribution < 1.29 is 5.11 Å². The van der Waals surface area contributed by atoms with Gasteiger partial charge in [-0.05, 0) is 18.8 Å². The molecule has 2 rings (SSSR count). The molecule has 0 spiro atoms. The van der Waals surface area contributed by atoms with E-state index in [1.165, 1.54) is 12.8 Å². The van der Waals surface area contributed by atoms with Gasteiger partial charge in [-0.2, -0.15) is 0 Å². The summed E-state index contributed by atoms with van der Waals surface area (Å²) in [6.45, 7) is 3.04. The lowest BCUT2D eigenvalue weighted by Gasteiger charge is -2.19. The molecule has 4 heteroatoms. The van der Waals surface area contributed by atoms with Crippen LogP contribution in [0.15, 0.2) is 11.6 Å². The maximum atomic E-state index is 8.94. The molecule has 78 valence electrons. The first-order valence-electron chi connectivity index (χ1n) is 5.10. The van der Waals surface area contributed by atoms with Gasteiger partial charge in [0.2, 0.25) is 0 Å². The molecule has 0 amide bonds. The number of thiazole rings is 1. The summed E-state index contributed by atoms with van der Waals surface area (Å²) in [4.78, 5) is 6.56. The highest BCUT2D eigenvalue weighted by atomic mass is 32.1. The Bertz CT molecular complexity index is 259. The Hall–Kier alpha value is -0.450. The quantitative estimate of drug-likeness (QED) is 0.773. The summed E-state index contributed by atoms with van der Waals surface area (Å²) in [6, 6.07) is 0. The minimum Gasteiger partial charge on any atom is -0.395 e. The average Bonchev–Trinajstić information content (AvgIpc) is 2.81. The second-order valence-corrected chi connectivity index (χ2v) is 4.81. The molecule has 1 N–H and O–H groups in total. The molecule has 14 heavy (non-hydrogen) atoms. The lowest BCUT2D eigenvalue weighted by molar-refractivity contribution is 0.184. The zero-order valence-electron chi connectivity index (χ0n) is 8.22. The van der Waals surface area contributed by atoms with E-state index in [-0.39, 0.29) is 6.61 Å². The Balaban J connectivity index is 1.82. The molecule has 1 fully saturated rings. The van der Waals surface area contributed by atoms with E-state index in [2.05, 4.69) is 9.88 Å². The van der Waals surface area contributed by atoms with Crippen LogP contribution in [0.3, 0.4) is 0 Å². The van der Waals surface area contributed by atoms with E-state index < -0.39 is 0 Å². The smallest absolute Gasteiger partial charge is 0.107 e. The van der Waals surface area contributed by atoms with Gasteiger partial charge in [-0.15, -0.1) is 11.3 Å². The van der Waals surface area contributed by atoms with Gasteiger partial charge in [0, 0.05) is 24.7 Å². The van der Waals surface area contributed by atoms with E-state index in [1.54, 1.807) is 11.3 Å². The van der Waals surface area contributed by atoms with Gasteiger partial charge in [0.15, 0.2) is 0 Å². The van der Waals surface area contributed by atoms with Gasteiger partial charge in [-0.3, -0.25) is 4.90 Å². The molecule has 1 aliphatic carbocycles. The number of aromatic nitrogens is 1. The van der Waals surface area contributed by atoms with E-state index in [4.69, 9.17) is 5.11 Å². The standard InChI is InChI=1S/C10H16N2OS/c13-5-4-12(7-9-1-2-9)8-10-11-3-6-14-10/h3,6,9,13H,1-2,4-5,7-8H2. The van der Waals surface area contributed by atoms with Crippen molar-refractivity contribution in [2.75, 3.05) is 19.7 Å². The molecule has 1 saturated carbocycles. The highest BCUT2D eigenvalue weighted by Gasteiger charge is 2.24. The fraction of sp³-hybridized carbons (Fsp3) is 0.700. The maximum Gasteiger partial charge on any atom is 0.107 e. The van der Waals surface area contributed by atoms with Crippen LogP contribution in [0.2, 0.25) is 0 Å². The largest absolute Gasteiger partial charge is 0.395 e. The summed E-state index contributed by atoms with van der Waals surface area (Å²) in [5, 5.41) is 12.1. The van der Waals surface area contributed by atoms with Crippen LogP contribution in [0.1, 0.15) is 17.8 Å². The number of rotatable bonds is 6. The molecule has 0 aromatic carbocycles. The van der Waals surface area contributed by atoms with Crippen LogP contribution in [0.4, 0.5) is 0 Å². The molecule has 0 aliphatic heterocycles. The van der Waals surface area contributed by atoms with Crippen molar-refractivity contribution in [3.05, 3.63) is 16.6 Å². The van der Waals surface area contributed by atoms with E-state index in [0.717, 1.165) is 30.6 Å². The minimum absolute atomic E-state index is 0.248. The Morgan fingerprint density at radius 2 is 2.43 bits per heavy atom. The zero-order chi connectivity index (χ0) is 9.80. The number of nitrogens with zero attached hydrogens (tertiary/aromatic N) is 2. The van der Waals surface area contributed by atoms with Gasteiger partial charge in [0.05, 0.1) is 13.2 Å². The Morgan fingerprint density at radius 3 is 3.00 bits per heavy atom. The highest BCUT2D eigenvalue weighted by molar-refractivity contribution is 7.09. The number of hydrogen-bond acceptors (Lipinski definition) is 4. The molecule has 0 atom stereocenters. The summed E-state index contributed by atoms with van der Waals surface area (Å²) in [6.07, 6.45) is 4.56. The van der Waals surface area contributed by atoms with Crippen molar-refractivity contribution >= 4 is 11.3 Å². The van der Waals surface area contributed by atoms with Gasteiger partial charge >= 0.3 is 0 Å². The summed E-state index contributed by atoms with van der Waals surface area (Å²) >= 11 is 1.69. The first-order chi connectivity index (χ1) is 6.88. The monoisotopic (exact) mass is 212 g/mol. The lowest BCUT2D eigenvalue weighted by atomic mass is 10.3. The van der Waals surface area contributed by atoms with Crippen molar-refractivity contribution in [2.45, 2.75) is 19.4 Å². The van der Waals surface area contributed by atoms with Gasteiger partial charge in [0.1, 0.15) is 5.01 Å². The zero-order valence-corrected chi connectivity index (χ0v) is 9.04. The third kappa shape index (κ3) is 3.04. The van der Waals surface area contributed by atoms with Crippen LogP contribution in [0.25, 0.3) is 0 Å². The van der Waals surface area contributed by atoms with E-state index >= 15 is 0 Å². The molecule has 1 heterocycles. The van der Waals surface area contributed by atoms with Crippen molar-refractivity contribution in [3.8, 4) is 0 Å². The average molecular weight is 212 g/mol. The molecule has 0 radical (unpaired) electrons. The Morgan fingerprint density at radius 1 is 1.57 bits per heavy atom. The molecular weight excluding hydrogens is 196 g/mol. The molecule has 0 unspecified atom stereocenters. The number of aliphatic hydroxyl groups is 1. The second kappa shape index (κ2) is 4.87. The second-order valence-electron chi connectivity index (χ2n) is 3.83. The molecular formula is C10H16N2OS. The van der Waals surface area contributed by atoms with Crippen molar-refractivity contribution in [1.82, 2.24) is 9.88 Å². The van der Waals surface area contributed by atoms with E-state index in [0.29, 0.717) is 0 Å². The molecule has 0 saturated heterocycles. The van der Waals surface area contributed by atoms with E-state index in [1.807, 2.05) is 11.6 Å². The first-order valence-corrected chi connectivity index (χ1v) is 5.98. The summed E-state index contributed by atoms with van der Waals surface area (Å²) in [7, 11) is 0. The van der Waals surface area contributed by atoms with Crippen LogP contribution in [-0.4, -0.2) is 34.7 Å². The molecule has 0 bridgehead atoms. The van der Waals surface area contributed by atoms with Gasteiger partial charge < -0.3 is 5.11 Å². The predicted molar refractivity (Wildman–Crippen MR) is 57.2 cm³/mol. The molecule has 1 aliphatic rings. The summed E-state index contributed by atoms with van der Waals surface area (Å²) < 4.78 is 0. The molecule has 1 aromatic heterocycles. The summed E-state index contributed by atoms with van der Waals surface area (Å²) in [5.74, 6) is 0.876. The molecule has 1 aromatic rings. The van der Waals surface area contributed by atoms with Crippen LogP contribution in [0, 0.1) is 5.92 Å². The number of aliphatic hydroxyl groups excluding tert-OH is 1. The predicted octanol–water partition coefficient (Wildman–Crippen LogP) is 1.35. The van der Waals surface area contributed by atoms with Crippen molar-refractivity contribution in [1.29, 1.82) is 0 Å². The summed E-state index contributed by atoms with van der Waals surface area (Å²) in [5.41, 5.74) is 0. The van der Waals surface area contributed by atoms with Crippen molar-refractivity contribution in [2.24, 2.45) is 5.92 Å². The third-order valence-corrected chi connectivity index (χ3v) is 3.24. The number of hydrogen-bond donors (Lipinski definition) is 1. The van der Waals surface area contributed by atoms with Crippen molar-refractivity contribution in [3.63, 3.8) is 0 Å². The first kappa shape index (κ1) is 10.1. The van der Waals surface area contributed by atoms with Crippen LogP contribution in [-0.2, 0) is 6.54 Å². The Kier molecular flexibility index (Phi) is 3.50. The normalized spacial score (nSPS) is 16.4. The van der Waals surface area contributed by atoms with Gasteiger partial charge in [-0.25, -0.2) is 4.98 Å². The molecule has 3 nitrogen and oxygen atoms in total. The van der Waals surface area contributed by atoms with Crippen LogP contribution >= 0.6 is 11.3 Å². The third-order valence-electron chi connectivity index (χ3n) is 2.47. The van der Waals surface area contributed by atoms with Crippen LogP contribution in [0.5, 0.6) is 0 Å². The highest BCUT2D eigenvalue weighted by Crippen LogP contribution is 2.30. The Labute approximate surface area is 88.4 Å². The lowest BCUT2D eigenvalue weighted by Crippen LogP contribution is -2.28. The van der Waals surface area contributed by atoms with E-state index in [9.17, 15) is 0 Å². The SMILES string of the molecule is OCCN(Cc1nccs1)CC1CC1. The topological polar surface area (TPSA) is 36.4 Å². The van der Waals surface area contributed by atoms with Gasteiger partial charge in [-0.1, -0.05) is 0 Å². The van der Waals surface area contributed by atoms with Crippen LogP contribution < -0.4 is 0 Å². The fourth-order valence-electron chi connectivity index (χ4n) is 1.56. The van der Waals surface area contributed by atoms with Gasteiger partial charge in [0.25, 0.3) is 0 Å². The fourth-order valence-corrected chi connectivity index (χ4v) is 2.22. The maximum absolute atomic E-state index is 8.94. The minimum atomic E-state index is 0.248.